The van der Waals surface area contributed by atoms with Gasteiger partial charge in [-0.1, -0.05) is 6.92 Å². The number of fused-ring (bicyclic) bond motifs is 2. The van der Waals surface area contributed by atoms with Crippen molar-refractivity contribution in [3.05, 3.63) is 11.3 Å². The highest BCUT2D eigenvalue weighted by Crippen LogP contribution is 2.59. The smallest absolute Gasteiger partial charge is 0.236 e. The van der Waals surface area contributed by atoms with Crippen LogP contribution in [0.2, 0.25) is 0 Å². The highest BCUT2D eigenvalue weighted by atomic mass is 17.3. The largest absolute Gasteiger partial charge is 0.458 e. The minimum atomic E-state index is -0.781. The molecule has 4 aliphatic heterocycles. The molecule has 1 spiro atoms. The topological polar surface area (TPSA) is 54.0 Å². The van der Waals surface area contributed by atoms with E-state index in [1.54, 1.807) is 0 Å². The quantitative estimate of drug-likeness (QED) is 0.550. The maximum absolute atomic E-state index is 11.3. The third-order valence-corrected chi connectivity index (χ3v) is 5.97. The molecule has 6 atom stereocenters. The standard InChI is InChI=1S/C16H22O5/c1-9-4-5-12-10(2)13(8-17)18-14-16(12)11(9)6-7-15(3,19-14)20-21-16/h8-9,11-12,14H,4-7H2,1-3H3/t9-,11+,12+,14?,15?,16-/m1/s1. The van der Waals surface area contributed by atoms with Gasteiger partial charge in [0, 0.05) is 18.3 Å². The molecule has 0 N–H and O–H groups in total. The molecule has 1 saturated carbocycles. The summed E-state index contributed by atoms with van der Waals surface area (Å²) < 4.78 is 12.0. The summed E-state index contributed by atoms with van der Waals surface area (Å²) in [6, 6.07) is 0. The lowest BCUT2D eigenvalue weighted by Crippen LogP contribution is -2.66. The number of allylic oxidation sites excluding steroid dienone is 1. The first-order valence-corrected chi connectivity index (χ1v) is 7.87. The van der Waals surface area contributed by atoms with Gasteiger partial charge >= 0.3 is 0 Å². The molecule has 0 amide bonds. The molecule has 116 valence electrons. The van der Waals surface area contributed by atoms with Crippen molar-refractivity contribution in [2.75, 3.05) is 0 Å². The highest BCUT2D eigenvalue weighted by Gasteiger charge is 2.68. The first-order valence-electron chi connectivity index (χ1n) is 7.87. The maximum atomic E-state index is 11.3. The first kappa shape index (κ1) is 13.7. The molecular formula is C16H22O5. The Morgan fingerprint density at radius 3 is 2.81 bits per heavy atom. The predicted octanol–water partition coefficient (Wildman–Crippen LogP) is 2.71. The molecule has 5 heteroatoms. The van der Waals surface area contributed by atoms with E-state index in [0.717, 1.165) is 37.5 Å². The molecule has 4 fully saturated rings. The van der Waals surface area contributed by atoms with Gasteiger partial charge in [-0.25, -0.2) is 9.78 Å². The summed E-state index contributed by atoms with van der Waals surface area (Å²) in [5, 5.41) is 0. The van der Waals surface area contributed by atoms with E-state index in [0.29, 0.717) is 17.6 Å². The number of rotatable bonds is 1. The SMILES string of the molecule is CC1=C(C=O)OC2OC3(C)CC[C@H]4[C@H](C)CC[C@@H]1[C@@]24OO3. The Morgan fingerprint density at radius 1 is 1.24 bits per heavy atom. The average molecular weight is 294 g/mol. The summed E-state index contributed by atoms with van der Waals surface area (Å²) in [6.07, 6.45) is 4.13. The van der Waals surface area contributed by atoms with Gasteiger partial charge in [0.1, 0.15) is 0 Å². The molecular weight excluding hydrogens is 272 g/mol. The van der Waals surface area contributed by atoms with E-state index < -0.39 is 17.7 Å². The third kappa shape index (κ3) is 1.65. The van der Waals surface area contributed by atoms with Crippen LogP contribution in [0.5, 0.6) is 0 Å². The lowest BCUT2D eigenvalue weighted by atomic mass is 9.59. The van der Waals surface area contributed by atoms with Gasteiger partial charge in [0.2, 0.25) is 12.1 Å². The average Bonchev–Trinajstić information content (AvgIpc) is 2.69. The Kier molecular flexibility index (Phi) is 2.82. The fourth-order valence-corrected chi connectivity index (χ4v) is 4.76. The number of ether oxygens (including phenoxy) is 2. The monoisotopic (exact) mass is 294 g/mol. The van der Waals surface area contributed by atoms with Crippen LogP contribution in [0.25, 0.3) is 0 Å². The molecule has 1 aliphatic carbocycles. The minimum absolute atomic E-state index is 0.125. The van der Waals surface area contributed by atoms with Crippen LogP contribution in [0.4, 0.5) is 0 Å². The summed E-state index contributed by atoms with van der Waals surface area (Å²) in [6.45, 7) is 6.12. The maximum Gasteiger partial charge on any atom is 0.236 e. The van der Waals surface area contributed by atoms with Crippen molar-refractivity contribution in [1.29, 1.82) is 0 Å². The number of carbonyl (C=O) groups excluding carboxylic acids is 1. The third-order valence-electron chi connectivity index (χ3n) is 5.97. The van der Waals surface area contributed by atoms with Gasteiger partial charge in [-0.05, 0) is 44.6 Å². The highest BCUT2D eigenvalue weighted by molar-refractivity contribution is 5.72. The first-order chi connectivity index (χ1) is 10.00. The second-order valence-corrected chi connectivity index (χ2v) is 7.14. The van der Waals surface area contributed by atoms with Crippen molar-refractivity contribution in [2.24, 2.45) is 17.8 Å². The van der Waals surface area contributed by atoms with Crippen molar-refractivity contribution in [3.8, 4) is 0 Å². The van der Waals surface area contributed by atoms with Crippen LogP contribution in [0.1, 0.15) is 46.5 Å². The van der Waals surface area contributed by atoms with Crippen molar-refractivity contribution in [3.63, 3.8) is 0 Å². The Balaban J connectivity index is 1.87. The summed E-state index contributed by atoms with van der Waals surface area (Å²) >= 11 is 0. The van der Waals surface area contributed by atoms with Gasteiger partial charge in [0.15, 0.2) is 17.6 Å². The van der Waals surface area contributed by atoms with Crippen molar-refractivity contribution in [2.45, 2.75) is 64.1 Å². The Hall–Kier alpha value is -0.910. The van der Waals surface area contributed by atoms with Crippen LogP contribution in [0.15, 0.2) is 11.3 Å². The van der Waals surface area contributed by atoms with Gasteiger partial charge < -0.3 is 9.47 Å². The molecule has 2 unspecified atom stereocenters. The summed E-state index contributed by atoms with van der Waals surface area (Å²) in [7, 11) is 0. The van der Waals surface area contributed by atoms with E-state index in [1.165, 1.54) is 0 Å². The lowest BCUT2D eigenvalue weighted by Gasteiger charge is -2.56. The van der Waals surface area contributed by atoms with Crippen LogP contribution in [-0.2, 0) is 24.0 Å². The number of carbonyl (C=O) groups is 1. The van der Waals surface area contributed by atoms with Gasteiger partial charge in [-0.2, -0.15) is 0 Å². The fraction of sp³-hybridized carbons (Fsp3) is 0.812. The molecule has 0 radical (unpaired) electrons. The Labute approximate surface area is 124 Å². The van der Waals surface area contributed by atoms with Crippen LogP contribution in [-0.4, -0.2) is 24.0 Å². The summed E-state index contributed by atoms with van der Waals surface area (Å²) in [5.74, 6) is 0.611. The zero-order valence-corrected chi connectivity index (χ0v) is 12.8. The number of hydrogen-bond acceptors (Lipinski definition) is 5. The molecule has 0 aromatic heterocycles. The fourth-order valence-electron chi connectivity index (χ4n) is 4.76. The lowest BCUT2D eigenvalue weighted by molar-refractivity contribution is -0.555. The van der Waals surface area contributed by atoms with Crippen molar-refractivity contribution in [1.82, 2.24) is 0 Å². The molecule has 5 nitrogen and oxygen atoms in total. The van der Waals surface area contributed by atoms with Gasteiger partial charge in [0.05, 0.1) is 0 Å². The Bertz CT molecular complexity index is 515. The number of hydrogen-bond donors (Lipinski definition) is 0. The molecule has 0 aromatic carbocycles. The molecule has 4 heterocycles. The van der Waals surface area contributed by atoms with Crippen LogP contribution >= 0.6 is 0 Å². The van der Waals surface area contributed by atoms with Crippen LogP contribution < -0.4 is 0 Å². The molecule has 5 rings (SSSR count). The van der Waals surface area contributed by atoms with Crippen molar-refractivity contribution < 1.29 is 24.0 Å². The second kappa shape index (κ2) is 4.31. The second-order valence-electron chi connectivity index (χ2n) is 7.14. The number of aldehydes is 1. The van der Waals surface area contributed by atoms with E-state index in [1.807, 2.05) is 13.8 Å². The van der Waals surface area contributed by atoms with Gasteiger partial charge in [0.25, 0.3) is 0 Å². The summed E-state index contributed by atoms with van der Waals surface area (Å²) in [4.78, 5) is 23.0. The van der Waals surface area contributed by atoms with E-state index in [9.17, 15) is 4.79 Å². The zero-order chi connectivity index (χ0) is 14.8. The van der Waals surface area contributed by atoms with Crippen LogP contribution in [0.3, 0.4) is 0 Å². The molecule has 5 aliphatic rings. The van der Waals surface area contributed by atoms with Crippen LogP contribution in [0, 0.1) is 17.8 Å². The molecule has 0 aromatic rings. The molecule has 3 saturated heterocycles. The minimum Gasteiger partial charge on any atom is -0.458 e. The molecule has 2 bridgehead atoms. The van der Waals surface area contributed by atoms with E-state index >= 15 is 0 Å². The van der Waals surface area contributed by atoms with Gasteiger partial charge in [-0.3, -0.25) is 4.79 Å². The van der Waals surface area contributed by atoms with Crippen molar-refractivity contribution >= 4 is 6.29 Å². The zero-order valence-electron chi connectivity index (χ0n) is 12.8. The Morgan fingerprint density at radius 2 is 2.05 bits per heavy atom. The normalized spacial score (nSPS) is 52.0. The predicted molar refractivity (Wildman–Crippen MR) is 72.6 cm³/mol. The van der Waals surface area contributed by atoms with Gasteiger partial charge in [-0.15, -0.1) is 0 Å². The van der Waals surface area contributed by atoms with E-state index in [4.69, 9.17) is 19.2 Å². The summed E-state index contributed by atoms with van der Waals surface area (Å²) in [5.41, 5.74) is 0.362. The van der Waals surface area contributed by atoms with E-state index in [-0.39, 0.29) is 5.92 Å². The van der Waals surface area contributed by atoms with E-state index in [2.05, 4.69) is 6.92 Å². The molecule has 21 heavy (non-hydrogen) atoms.